The van der Waals surface area contributed by atoms with E-state index >= 15 is 0 Å². The third-order valence-electron chi connectivity index (χ3n) is 3.01. The summed E-state index contributed by atoms with van der Waals surface area (Å²) in [5, 5.41) is 3.55. The smallest absolute Gasteiger partial charge is 0.256 e. The number of nitrogens with one attached hydrogen (secondary N) is 1. The molecule has 0 unspecified atom stereocenters. The van der Waals surface area contributed by atoms with Crippen LogP contribution in [0.15, 0.2) is 27.8 Å². The molecule has 0 bridgehead atoms. The van der Waals surface area contributed by atoms with Gasteiger partial charge >= 0.3 is 0 Å². The molecule has 0 fully saturated rings. The van der Waals surface area contributed by atoms with E-state index in [2.05, 4.69) is 15.3 Å². The van der Waals surface area contributed by atoms with Crippen LogP contribution < -0.4 is 5.32 Å². The van der Waals surface area contributed by atoms with E-state index in [1.54, 1.807) is 12.3 Å². The first kappa shape index (κ1) is 15.6. The maximum absolute atomic E-state index is 12.4. The normalized spacial score (nSPS) is 10.9. The summed E-state index contributed by atoms with van der Waals surface area (Å²) in [7, 11) is 0. The number of amides is 1. The molecule has 0 radical (unpaired) electrons. The van der Waals surface area contributed by atoms with Crippen LogP contribution >= 0.6 is 11.8 Å². The van der Waals surface area contributed by atoms with Gasteiger partial charge in [0, 0.05) is 5.92 Å². The molecule has 0 atom stereocenters. The summed E-state index contributed by atoms with van der Waals surface area (Å²) in [6.07, 6.45) is 3.50. The average molecular weight is 305 g/mol. The summed E-state index contributed by atoms with van der Waals surface area (Å²) < 4.78 is 5.21. The van der Waals surface area contributed by atoms with Crippen molar-refractivity contribution < 1.29 is 9.21 Å². The molecule has 0 aliphatic carbocycles. The fraction of sp³-hybridized carbons (Fsp3) is 0.400. The van der Waals surface area contributed by atoms with Crippen molar-refractivity contribution >= 4 is 17.7 Å². The van der Waals surface area contributed by atoms with Gasteiger partial charge in [-0.05, 0) is 25.3 Å². The molecule has 21 heavy (non-hydrogen) atoms. The van der Waals surface area contributed by atoms with Gasteiger partial charge in [-0.25, -0.2) is 9.97 Å². The van der Waals surface area contributed by atoms with Gasteiger partial charge in [0.1, 0.15) is 16.6 Å². The SMILES string of the molecule is CSc1nc(C(C)C)nc(C)c1C(=O)NCc1ccco1. The van der Waals surface area contributed by atoms with Crippen LogP contribution in [0.1, 0.15) is 47.4 Å². The van der Waals surface area contributed by atoms with Crippen molar-refractivity contribution in [3.05, 3.63) is 41.2 Å². The van der Waals surface area contributed by atoms with Crippen molar-refractivity contribution in [2.75, 3.05) is 6.26 Å². The minimum Gasteiger partial charge on any atom is -0.467 e. The van der Waals surface area contributed by atoms with Gasteiger partial charge in [0.15, 0.2) is 0 Å². The van der Waals surface area contributed by atoms with Gasteiger partial charge in [0.2, 0.25) is 0 Å². The highest BCUT2D eigenvalue weighted by Crippen LogP contribution is 2.23. The largest absolute Gasteiger partial charge is 0.467 e. The Morgan fingerprint density at radius 1 is 1.43 bits per heavy atom. The maximum atomic E-state index is 12.4. The predicted octanol–water partition coefficient (Wildman–Crippen LogP) is 3.15. The molecule has 5 nitrogen and oxygen atoms in total. The number of aromatic nitrogens is 2. The van der Waals surface area contributed by atoms with Crippen LogP contribution in [0.25, 0.3) is 0 Å². The lowest BCUT2D eigenvalue weighted by Gasteiger charge is -2.13. The Balaban J connectivity index is 2.23. The van der Waals surface area contributed by atoms with E-state index in [1.807, 2.05) is 33.1 Å². The van der Waals surface area contributed by atoms with Crippen LogP contribution in [-0.4, -0.2) is 22.1 Å². The summed E-state index contributed by atoms with van der Waals surface area (Å²) in [5.74, 6) is 1.53. The quantitative estimate of drug-likeness (QED) is 0.679. The third-order valence-corrected chi connectivity index (χ3v) is 3.70. The van der Waals surface area contributed by atoms with E-state index in [9.17, 15) is 4.79 Å². The molecule has 2 rings (SSSR count). The van der Waals surface area contributed by atoms with Crippen molar-refractivity contribution in [3.8, 4) is 0 Å². The Morgan fingerprint density at radius 2 is 2.19 bits per heavy atom. The number of rotatable bonds is 5. The van der Waals surface area contributed by atoms with Crippen molar-refractivity contribution in [1.82, 2.24) is 15.3 Å². The van der Waals surface area contributed by atoms with Gasteiger partial charge in [-0.2, -0.15) is 0 Å². The minimum absolute atomic E-state index is 0.177. The molecule has 0 aromatic carbocycles. The summed E-state index contributed by atoms with van der Waals surface area (Å²) >= 11 is 1.46. The third kappa shape index (κ3) is 3.64. The molecule has 0 aliphatic heterocycles. The number of thioether (sulfide) groups is 1. The summed E-state index contributed by atoms with van der Waals surface area (Å²) in [4.78, 5) is 21.3. The standard InChI is InChI=1S/C15H19N3O2S/c1-9(2)13-17-10(3)12(15(18-13)21-4)14(19)16-8-11-6-5-7-20-11/h5-7,9H,8H2,1-4H3,(H,16,19). The molecular formula is C15H19N3O2S. The van der Waals surface area contributed by atoms with Gasteiger partial charge in [-0.3, -0.25) is 4.79 Å². The molecule has 0 saturated heterocycles. The number of nitrogens with zero attached hydrogens (tertiary/aromatic N) is 2. The number of aryl methyl sites for hydroxylation is 1. The fourth-order valence-corrected chi connectivity index (χ4v) is 2.53. The van der Waals surface area contributed by atoms with Gasteiger partial charge in [-0.15, -0.1) is 11.8 Å². The maximum Gasteiger partial charge on any atom is 0.256 e. The predicted molar refractivity (Wildman–Crippen MR) is 82.5 cm³/mol. The minimum atomic E-state index is -0.177. The van der Waals surface area contributed by atoms with Crippen molar-refractivity contribution in [3.63, 3.8) is 0 Å². The van der Waals surface area contributed by atoms with Gasteiger partial charge < -0.3 is 9.73 Å². The van der Waals surface area contributed by atoms with Crippen molar-refractivity contribution in [2.24, 2.45) is 0 Å². The summed E-state index contributed by atoms with van der Waals surface area (Å²) in [6, 6.07) is 3.61. The molecule has 1 N–H and O–H groups in total. The molecule has 0 aliphatic rings. The van der Waals surface area contributed by atoms with E-state index in [-0.39, 0.29) is 11.8 Å². The van der Waals surface area contributed by atoms with Crippen molar-refractivity contribution in [1.29, 1.82) is 0 Å². The Hall–Kier alpha value is -1.82. The highest BCUT2D eigenvalue weighted by molar-refractivity contribution is 7.98. The second-order valence-corrected chi connectivity index (χ2v) is 5.76. The molecule has 0 saturated carbocycles. The van der Waals surface area contributed by atoms with Crippen LogP contribution in [0.4, 0.5) is 0 Å². The molecule has 2 heterocycles. The number of hydrogen-bond acceptors (Lipinski definition) is 5. The Labute approximate surface area is 128 Å². The zero-order valence-electron chi connectivity index (χ0n) is 12.6. The van der Waals surface area contributed by atoms with Crippen LogP contribution in [0.2, 0.25) is 0 Å². The van der Waals surface area contributed by atoms with E-state index in [0.29, 0.717) is 28.6 Å². The molecule has 2 aromatic heterocycles. The number of hydrogen-bond donors (Lipinski definition) is 1. The lowest BCUT2D eigenvalue weighted by Crippen LogP contribution is -2.25. The molecule has 0 spiro atoms. The second kappa shape index (κ2) is 6.76. The summed E-state index contributed by atoms with van der Waals surface area (Å²) in [6.45, 7) is 6.27. The molecular weight excluding hydrogens is 286 g/mol. The Morgan fingerprint density at radius 3 is 2.76 bits per heavy atom. The first-order valence-corrected chi connectivity index (χ1v) is 7.98. The van der Waals surface area contributed by atoms with Crippen LogP contribution in [0.3, 0.4) is 0 Å². The lowest BCUT2D eigenvalue weighted by atomic mass is 10.1. The first-order chi connectivity index (χ1) is 10.0. The lowest BCUT2D eigenvalue weighted by molar-refractivity contribution is 0.0943. The Kier molecular flexibility index (Phi) is 5.01. The van der Waals surface area contributed by atoms with Gasteiger partial charge in [0.05, 0.1) is 24.1 Å². The highest BCUT2D eigenvalue weighted by atomic mass is 32.2. The van der Waals surface area contributed by atoms with Gasteiger partial charge in [0.25, 0.3) is 5.91 Å². The fourth-order valence-electron chi connectivity index (χ4n) is 1.90. The van der Waals surface area contributed by atoms with E-state index in [1.165, 1.54) is 11.8 Å². The monoisotopic (exact) mass is 305 g/mol. The van der Waals surface area contributed by atoms with Crippen LogP contribution in [0, 0.1) is 6.92 Å². The number of carbonyl (C=O) groups is 1. The first-order valence-electron chi connectivity index (χ1n) is 6.76. The Bertz CT molecular complexity index is 624. The van der Waals surface area contributed by atoms with Crippen molar-refractivity contribution in [2.45, 2.75) is 38.3 Å². The average Bonchev–Trinajstić information content (AvgIpc) is 2.96. The van der Waals surface area contributed by atoms with Crippen LogP contribution in [0.5, 0.6) is 0 Å². The number of furan rings is 1. The molecule has 6 heteroatoms. The second-order valence-electron chi connectivity index (χ2n) is 4.97. The van der Waals surface area contributed by atoms with Crippen LogP contribution in [-0.2, 0) is 6.54 Å². The number of carbonyl (C=O) groups excluding carboxylic acids is 1. The zero-order chi connectivity index (χ0) is 15.4. The molecule has 112 valence electrons. The topological polar surface area (TPSA) is 68.0 Å². The summed E-state index contributed by atoms with van der Waals surface area (Å²) in [5.41, 5.74) is 1.24. The van der Waals surface area contributed by atoms with Gasteiger partial charge in [-0.1, -0.05) is 13.8 Å². The van der Waals surface area contributed by atoms with E-state index < -0.39 is 0 Å². The molecule has 1 amide bonds. The van der Waals surface area contributed by atoms with E-state index in [0.717, 1.165) is 5.82 Å². The molecule has 2 aromatic rings. The zero-order valence-corrected chi connectivity index (χ0v) is 13.5. The van der Waals surface area contributed by atoms with E-state index in [4.69, 9.17) is 4.42 Å². The highest BCUT2D eigenvalue weighted by Gasteiger charge is 2.19.